The summed E-state index contributed by atoms with van der Waals surface area (Å²) in [5.41, 5.74) is 5.44. The summed E-state index contributed by atoms with van der Waals surface area (Å²) in [6.07, 6.45) is 3.39. The van der Waals surface area contributed by atoms with Gasteiger partial charge in [-0.2, -0.15) is 4.31 Å². The Morgan fingerprint density at radius 3 is 2.84 bits per heavy atom. The minimum Gasteiger partial charge on any atom is -0.366 e. The van der Waals surface area contributed by atoms with E-state index in [0.717, 1.165) is 12.4 Å². The fourth-order valence-corrected chi connectivity index (χ4v) is 4.55. The summed E-state index contributed by atoms with van der Waals surface area (Å²) < 4.78 is 27.4. The molecular formula is C16H21N5O3S. The number of nitrogens with one attached hydrogen (secondary N) is 1. The first-order chi connectivity index (χ1) is 11.9. The number of hydrogen-bond acceptors (Lipinski definition) is 5. The van der Waals surface area contributed by atoms with Crippen molar-refractivity contribution in [2.75, 3.05) is 26.2 Å². The van der Waals surface area contributed by atoms with Crippen molar-refractivity contribution in [3.63, 3.8) is 0 Å². The van der Waals surface area contributed by atoms with Gasteiger partial charge in [0, 0.05) is 37.6 Å². The first kappa shape index (κ1) is 17.6. The summed E-state index contributed by atoms with van der Waals surface area (Å²) in [6, 6.07) is 5.70. The van der Waals surface area contributed by atoms with Crippen molar-refractivity contribution in [2.24, 2.45) is 5.73 Å². The molecule has 9 heteroatoms. The number of sulfonamides is 1. The van der Waals surface area contributed by atoms with Crippen LogP contribution in [0.2, 0.25) is 0 Å². The van der Waals surface area contributed by atoms with E-state index in [9.17, 15) is 13.2 Å². The third kappa shape index (κ3) is 3.44. The lowest BCUT2D eigenvalue weighted by atomic mass is 10.2. The Morgan fingerprint density at radius 2 is 2.20 bits per heavy atom. The molecule has 1 saturated heterocycles. The first-order valence-electron chi connectivity index (χ1n) is 8.07. The van der Waals surface area contributed by atoms with Gasteiger partial charge in [-0.05, 0) is 24.7 Å². The van der Waals surface area contributed by atoms with Crippen LogP contribution in [0.1, 0.15) is 29.1 Å². The number of aromatic amines is 1. The van der Waals surface area contributed by atoms with Crippen LogP contribution in [-0.2, 0) is 10.0 Å². The Bertz CT molecular complexity index is 850. The maximum atomic E-state index is 13.0. The van der Waals surface area contributed by atoms with E-state index in [4.69, 9.17) is 5.73 Å². The van der Waals surface area contributed by atoms with Crippen LogP contribution in [0.25, 0.3) is 0 Å². The van der Waals surface area contributed by atoms with Gasteiger partial charge in [0.2, 0.25) is 15.9 Å². The highest BCUT2D eigenvalue weighted by Crippen LogP contribution is 2.27. The van der Waals surface area contributed by atoms with Crippen LogP contribution < -0.4 is 5.73 Å². The number of carbonyl (C=O) groups is 1. The summed E-state index contributed by atoms with van der Waals surface area (Å²) in [5.74, 6) is 0.0916. The molecule has 2 heterocycles. The fourth-order valence-electron chi connectivity index (χ4n) is 3.07. The summed E-state index contributed by atoms with van der Waals surface area (Å²) in [4.78, 5) is 21.0. The minimum absolute atomic E-state index is 0.0759. The topological polar surface area (TPSA) is 112 Å². The van der Waals surface area contributed by atoms with Gasteiger partial charge in [0.05, 0.1) is 10.9 Å². The predicted molar refractivity (Wildman–Crippen MR) is 92.3 cm³/mol. The molecule has 0 aliphatic carbocycles. The zero-order valence-electron chi connectivity index (χ0n) is 13.9. The maximum Gasteiger partial charge on any atom is 0.248 e. The highest BCUT2D eigenvalue weighted by Gasteiger charge is 2.35. The maximum absolute atomic E-state index is 13.0. The molecule has 1 fully saturated rings. The Labute approximate surface area is 146 Å². The molecule has 0 radical (unpaired) electrons. The molecule has 0 spiro atoms. The van der Waals surface area contributed by atoms with Crippen LogP contribution in [0.4, 0.5) is 0 Å². The molecule has 3 rings (SSSR count). The van der Waals surface area contributed by atoms with Gasteiger partial charge in [0.25, 0.3) is 0 Å². The normalized spacial score (nSPS) is 19.8. The Morgan fingerprint density at radius 1 is 1.40 bits per heavy atom. The smallest absolute Gasteiger partial charge is 0.248 e. The van der Waals surface area contributed by atoms with E-state index < -0.39 is 15.9 Å². The Hall–Kier alpha value is -2.23. The third-order valence-corrected chi connectivity index (χ3v) is 6.31. The molecular weight excluding hydrogens is 342 g/mol. The number of piperazine rings is 1. The number of H-pyrrole nitrogens is 1. The molecule has 134 valence electrons. The number of likely N-dealkylation sites (N-methyl/N-ethyl adjacent to an activating group) is 1. The van der Waals surface area contributed by atoms with Gasteiger partial charge < -0.3 is 10.7 Å². The molecule has 8 nitrogen and oxygen atoms in total. The van der Waals surface area contributed by atoms with Crippen LogP contribution in [0.15, 0.2) is 41.6 Å². The van der Waals surface area contributed by atoms with Gasteiger partial charge in [-0.1, -0.05) is 13.0 Å². The molecule has 1 aliphatic heterocycles. The Kier molecular flexibility index (Phi) is 4.89. The average molecular weight is 363 g/mol. The van der Waals surface area contributed by atoms with Crippen LogP contribution in [0, 0.1) is 0 Å². The summed E-state index contributed by atoms with van der Waals surface area (Å²) >= 11 is 0. The third-order valence-electron chi connectivity index (χ3n) is 4.45. The van der Waals surface area contributed by atoms with E-state index in [-0.39, 0.29) is 16.5 Å². The van der Waals surface area contributed by atoms with Gasteiger partial charge >= 0.3 is 0 Å². The van der Waals surface area contributed by atoms with Gasteiger partial charge in [0.1, 0.15) is 5.82 Å². The molecule has 1 aromatic heterocycles. The Balaban J connectivity index is 1.90. The number of hydrogen-bond donors (Lipinski definition) is 2. The van der Waals surface area contributed by atoms with Gasteiger partial charge in [-0.3, -0.25) is 9.69 Å². The van der Waals surface area contributed by atoms with Crippen molar-refractivity contribution in [1.29, 1.82) is 0 Å². The average Bonchev–Trinajstić information content (AvgIpc) is 3.15. The van der Waals surface area contributed by atoms with Crippen LogP contribution in [0.5, 0.6) is 0 Å². The predicted octanol–water partition coefficient (Wildman–Crippen LogP) is 0.576. The second-order valence-corrected chi connectivity index (χ2v) is 7.81. The van der Waals surface area contributed by atoms with E-state index >= 15 is 0 Å². The van der Waals surface area contributed by atoms with Gasteiger partial charge in [-0.15, -0.1) is 0 Å². The number of carbonyl (C=O) groups excluding carboxylic acids is 1. The van der Waals surface area contributed by atoms with Gasteiger partial charge in [0.15, 0.2) is 0 Å². The SMILES string of the molecule is CCN1CCN(S(=O)(=O)c2cccc(C(N)=O)c2)CC1c1ncc[nH]1. The number of nitrogens with two attached hydrogens (primary N) is 1. The van der Waals surface area contributed by atoms with Gasteiger partial charge in [-0.25, -0.2) is 13.4 Å². The zero-order chi connectivity index (χ0) is 18.0. The highest BCUT2D eigenvalue weighted by atomic mass is 32.2. The summed E-state index contributed by atoms with van der Waals surface area (Å²) in [6.45, 7) is 4.13. The lowest BCUT2D eigenvalue weighted by Crippen LogP contribution is -2.50. The van der Waals surface area contributed by atoms with E-state index in [1.165, 1.54) is 28.6 Å². The lowest BCUT2D eigenvalue weighted by molar-refractivity contribution is 0.1000. The molecule has 1 unspecified atom stereocenters. The molecule has 1 aliphatic rings. The highest BCUT2D eigenvalue weighted by molar-refractivity contribution is 7.89. The van der Waals surface area contributed by atoms with Crippen molar-refractivity contribution in [3.8, 4) is 0 Å². The second-order valence-electron chi connectivity index (χ2n) is 5.87. The number of nitrogens with zero attached hydrogens (tertiary/aromatic N) is 3. The van der Waals surface area contributed by atoms with E-state index in [1.807, 2.05) is 6.92 Å². The second kappa shape index (κ2) is 6.95. The standard InChI is InChI=1S/C16H21N5O3S/c1-2-20-8-9-21(11-14(20)16-18-6-7-19-16)25(23,24)13-5-3-4-12(10-13)15(17)22/h3-7,10,14H,2,8-9,11H2,1H3,(H2,17,22)(H,18,19). The fraction of sp³-hybridized carbons (Fsp3) is 0.375. The number of aromatic nitrogens is 2. The largest absolute Gasteiger partial charge is 0.366 e. The van der Waals surface area contributed by atoms with Crippen molar-refractivity contribution >= 4 is 15.9 Å². The molecule has 0 bridgehead atoms. The summed E-state index contributed by atoms with van der Waals surface area (Å²) in [5, 5.41) is 0. The van der Waals surface area contributed by atoms with Crippen molar-refractivity contribution < 1.29 is 13.2 Å². The number of amides is 1. The van der Waals surface area contributed by atoms with Crippen molar-refractivity contribution in [2.45, 2.75) is 17.9 Å². The van der Waals surface area contributed by atoms with Crippen LogP contribution in [0.3, 0.4) is 0 Å². The molecule has 1 amide bonds. The first-order valence-corrected chi connectivity index (χ1v) is 9.51. The molecule has 1 atom stereocenters. The lowest BCUT2D eigenvalue weighted by Gasteiger charge is -2.39. The number of imidazole rings is 1. The van der Waals surface area contributed by atoms with Crippen LogP contribution >= 0.6 is 0 Å². The number of primary amides is 1. The van der Waals surface area contributed by atoms with Crippen molar-refractivity contribution in [3.05, 3.63) is 48.0 Å². The minimum atomic E-state index is -3.72. The van der Waals surface area contributed by atoms with Crippen molar-refractivity contribution in [1.82, 2.24) is 19.2 Å². The number of rotatable bonds is 5. The number of benzene rings is 1. The monoisotopic (exact) mass is 363 g/mol. The molecule has 3 N–H and O–H groups in total. The molecule has 25 heavy (non-hydrogen) atoms. The molecule has 2 aromatic rings. The zero-order valence-corrected chi connectivity index (χ0v) is 14.7. The molecule has 0 saturated carbocycles. The van der Waals surface area contributed by atoms with E-state index in [1.54, 1.807) is 12.4 Å². The summed E-state index contributed by atoms with van der Waals surface area (Å²) in [7, 11) is -3.72. The quantitative estimate of drug-likeness (QED) is 0.807. The van der Waals surface area contributed by atoms with E-state index in [2.05, 4.69) is 14.9 Å². The van der Waals surface area contributed by atoms with E-state index in [0.29, 0.717) is 19.6 Å². The van der Waals surface area contributed by atoms with Crippen LogP contribution in [-0.4, -0.2) is 59.7 Å². The molecule has 1 aromatic carbocycles.